The van der Waals surface area contributed by atoms with Crippen LogP contribution in [0.15, 0.2) is 23.3 Å². The van der Waals surface area contributed by atoms with E-state index in [0.29, 0.717) is 6.54 Å². The van der Waals surface area contributed by atoms with Crippen LogP contribution in [0.4, 0.5) is 5.69 Å². The van der Waals surface area contributed by atoms with Crippen molar-refractivity contribution in [3.63, 3.8) is 0 Å². The molecule has 0 fully saturated rings. The Bertz CT molecular complexity index is 494. The third kappa shape index (κ3) is 2.22. The van der Waals surface area contributed by atoms with E-state index in [4.69, 9.17) is 10.6 Å². The van der Waals surface area contributed by atoms with Crippen LogP contribution in [0.25, 0.3) is 10.4 Å². The normalized spacial score (nSPS) is 13.1. The van der Waals surface area contributed by atoms with E-state index in [1.165, 1.54) is 0 Å². The van der Waals surface area contributed by atoms with Gasteiger partial charge < -0.3 is 10.0 Å². The number of azide groups is 1. The molecule has 88 valence electrons. The SMILES string of the molecule is [N-]=[N+]=NCC(=O)N1CCc2ccc(CO)cc21. The van der Waals surface area contributed by atoms with Crippen molar-refractivity contribution < 1.29 is 9.90 Å². The third-order valence-electron chi connectivity index (χ3n) is 2.80. The highest BCUT2D eigenvalue weighted by Gasteiger charge is 2.23. The summed E-state index contributed by atoms with van der Waals surface area (Å²) in [6.07, 6.45) is 0.795. The Kier molecular flexibility index (Phi) is 3.27. The van der Waals surface area contributed by atoms with Crippen molar-refractivity contribution in [2.45, 2.75) is 13.0 Å². The van der Waals surface area contributed by atoms with E-state index in [-0.39, 0.29) is 19.1 Å². The third-order valence-corrected chi connectivity index (χ3v) is 2.80. The first-order valence-corrected chi connectivity index (χ1v) is 5.30. The van der Waals surface area contributed by atoms with Gasteiger partial charge in [-0.15, -0.1) is 0 Å². The number of rotatable bonds is 3. The number of anilines is 1. The van der Waals surface area contributed by atoms with E-state index in [9.17, 15) is 4.79 Å². The van der Waals surface area contributed by atoms with Crippen molar-refractivity contribution in [3.8, 4) is 0 Å². The Hall–Kier alpha value is -2.04. The Morgan fingerprint density at radius 3 is 3.12 bits per heavy atom. The highest BCUT2D eigenvalue weighted by molar-refractivity contribution is 5.96. The average Bonchev–Trinajstić information content (AvgIpc) is 2.78. The molecule has 0 saturated heterocycles. The van der Waals surface area contributed by atoms with Crippen molar-refractivity contribution in [1.82, 2.24) is 0 Å². The fraction of sp³-hybridized carbons (Fsp3) is 0.364. The number of amides is 1. The largest absolute Gasteiger partial charge is 0.392 e. The van der Waals surface area contributed by atoms with Gasteiger partial charge in [-0.05, 0) is 29.1 Å². The zero-order valence-corrected chi connectivity index (χ0v) is 9.20. The second-order valence-electron chi connectivity index (χ2n) is 3.81. The minimum Gasteiger partial charge on any atom is -0.392 e. The molecule has 1 amide bonds. The molecule has 0 unspecified atom stereocenters. The van der Waals surface area contributed by atoms with Crippen LogP contribution in [-0.4, -0.2) is 24.1 Å². The molecule has 6 heteroatoms. The molecule has 0 radical (unpaired) electrons. The van der Waals surface area contributed by atoms with Gasteiger partial charge in [0.25, 0.3) is 0 Å². The number of fused-ring (bicyclic) bond motifs is 1. The van der Waals surface area contributed by atoms with Gasteiger partial charge in [-0.2, -0.15) is 0 Å². The van der Waals surface area contributed by atoms with Gasteiger partial charge >= 0.3 is 0 Å². The number of carbonyl (C=O) groups excluding carboxylic acids is 1. The second-order valence-corrected chi connectivity index (χ2v) is 3.81. The summed E-state index contributed by atoms with van der Waals surface area (Å²) >= 11 is 0. The summed E-state index contributed by atoms with van der Waals surface area (Å²) in [5, 5.41) is 12.3. The van der Waals surface area contributed by atoms with Crippen LogP contribution in [0.5, 0.6) is 0 Å². The van der Waals surface area contributed by atoms with Crippen LogP contribution in [0.1, 0.15) is 11.1 Å². The standard InChI is InChI=1S/C11H12N4O2/c12-14-13-6-11(17)15-4-3-9-2-1-8(7-16)5-10(9)15/h1-2,5,16H,3-4,6-7H2. The number of hydrogen-bond acceptors (Lipinski definition) is 3. The molecule has 1 aliphatic rings. The van der Waals surface area contributed by atoms with Crippen molar-refractivity contribution >= 4 is 11.6 Å². The molecular formula is C11H12N4O2. The molecule has 17 heavy (non-hydrogen) atoms. The smallest absolute Gasteiger partial charge is 0.232 e. The summed E-state index contributed by atoms with van der Waals surface area (Å²) in [6, 6.07) is 5.57. The number of nitrogens with zero attached hydrogens (tertiary/aromatic N) is 4. The van der Waals surface area contributed by atoms with Crippen LogP contribution in [0.2, 0.25) is 0 Å². The van der Waals surface area contributed by atoms with Crippen LogP contribution >= 0.6 is 0 Å². The van der Waals surface area contributed by atoms with Crippen molar-refractivity contribution in [2.75, 3.05) is 18.0 Å². The highest BCUT2D eigenvalue weighted by Crippen LogP contribution is 2.29. The van der Waals surface area contributed by atoms with Gasteiger partial charge in [0.05, 0.1) is 6.61 Å². The second kappa shape index (κ2) is 4.86. The molecule has 0 aliphatic carbocycles. The quantitative estimate of drug-likeness (QED) is 0.484. The number of benzene rings is 1. The topological polar surface area (TPSA) is 89.3 Å². The molecule has 1 N–H and O–H groups in total. The lowest BCUT2D eigenvalue weighted by atomic mass is 10.1. The number of aliphatic hydroxyl groups excluding tert-OH is 1. The van der Waals surface area contributed by atoms with Crippen LogP contribution in [-0.2, 0) is 17.8 Å². The molecule has 0 bridgehead atoms. The number of hydrogen-bond donors (Lipinski definition) is 1. The lowest BCUT2D eigenvalue weighted by Crippen LogP contribution is -2.30. The summed E-state index contributed by atoms with van der Waals surface area (Å²) < 4.78 is 0. The zero-order valence-electron chi connectivity index (χ0n) is 9.20. The predicted octanol–water partition coefficient (Wildman–Crippen LogP) is 1.38. The van der Waals surface area contributed by atoms with Crippen LogP contribution < -0.4 is 4.90 Å². The molecule has 6 nitrogen and oxygen atoms in total. The summed E-state index contributed by atoms with van der Waals surface area (Å²) in [5.41, 5.74) is 10.9. The predicted molar refractivity (Wildman–Crippen MR) is 62.4 cm³/mol. The van der Waals surface area contributed by atoms with Gasteiger partial charge in [0, 0.05) is 17.1 Å². The minimum absolute atomic E-state index is 0.0499. The van der Waals surface area contributed by atoms with Gasteiger partial charge in [-0.1, -0.05) is 17.2 Å². The molecule has 2 rings (SSSR count). The van der Waals surface area contributed by atoms with E-state index in [1.807, 2.05) is 12.1 Å². The van der Waals surface area contributed by atoms with Crippen LogP contribution in [0.3, 0.4) is 0 Å². The molecule has 0 atom stereocenters. The molecule has 1 heterocycles. The molecule has 0 aromatic heterocycles. The summed E-state index contributed by atoms with van der Waals surface area (Å²) in [4.78, 5) is 15.9. The zero-order chi connectivity index (χ0) is 12.3. The molecular weight excluding hydrogens is 220 g/mol. The molecule has 0 saturated carbocycles. The maximum atomic E-state index is 11.8. The van der Waals surface area contributed by atoms with E-state index in [1.54, 1.807) is 11.0 Å². The maximum Gasteiger partial charge on any atom is 0.232 e. The Balaban J connectivity index is 2.25. The molecule has 1 aliphatic heterocycles. The van der Waals surface area contributed by atoms with E-state index in [2.05, 4.69) is 10.0 Å². The van der Waals surface area contributed by atoms with Gasteiger partial charge in [0.2, 0.25) is 5.91 Å². The van der Waals surface area contributed by atoms with Crippen molar-refractivity contribution in [2.24, 2.45) is 5.11 Å². The number of carbonyl (C=O) groups is 1. The fourth-order valence-corrected chi connectivity index (χ4v) is 1.96. The van der Waals surface area contributed by atoms with Gasteiger partial charge in [-0.25, -0.2) is 0 Å². The Morgan fingerprint density at radius 2 is 2.41 bits per heavy atom. The van der Waals surface area contributed by atoms with E-state index >= 15 is 0 Å². The summed E-state index contributed by atoms with van der Waals surface area (Å²) in [5.74, 6) is -0.211. The van der Waals surface area contributed by atoms with Crippen molar-refractivity contribution in [3.05, 3.63) is 39.8 Å². The maximum absolute atomic E-state index is 11.8. The Morgan fingerprint density at radius 1 is 1.59 bits per heavy atom. The monoisotopic (exact) mass is 232 g/mol. The first-order valence-electron chi connectivity index (χ1n) is 5.30. The average molecular weight is 232 g/mol. The van der Waals surface area contributed by atoms with Crippen molar-refractivity contribution in [1.29, 1.82) is 0 Å². The Labute approximate surface area is 98.1 Å². The molecule has 0 spiro atoms. The lowest BCUT2D eigenvalue weighted by molar-refractivity contribution is -0.117. The van der Waals surface area contributed by atoms with E-state index < -0.39 is 0 Å². The highest BCUT2D eigenvalue weighted by atomic mass is 16.3. The first kappa shape index (κ1) is 11.4. The first-order chi connectivity index (χ1) is 8.26. The summed E-state index contributed by atoms with van der Waals surface area (Å²) in [7, 11) is 0. The van der Waals surface area contributed by atoms with Crippen LogP contribution in [0, 0.1) is 0 Å². The number of aliphatic hydroxyl groups is 1. The molecule has 1 aromatic rings. The van der Waals surface area contributed by atoms with Gasteiger partial charge in [0.1, 0.15) is 6.54 Å². The van der Waals surface area contributed by atoms with Gasteiger partial charge in [-0.3, -0.25) is 4.79 Å². The minimum atomic E-state index is -0.211. The molecule has 1 aromatic carbocycles. The lowest BCUT2D eigenvalue weighted by Gasteiger charge is -2.16. The summed E-state index contributed by atoms with van der Waals surface area (Å²) in [6.45, 7) is 0.384. The fourth-order valence-electron chi connectivity index (χ4n) is 1.96. The van der Waals surface area contributed by atoms with E-state index in [0.717, 1.165) is 23.2 Å². The van der Waals surface area contributed by atoms with Gasteiger partial charge in [0.15, 0.2) is 0 Å².